The predicted octanol–water partition coefficient (Wildman–Crippen LogP) is 1.23. The highest BCUT2D eigenvalue weighted by Gasteiger charge is 2.26. The highest BCUT2D eigenvalue weighted by atomic mass is 16.3. The molecule has 0 unspecified atom stereocenters. The molecule has 3 nitrogen and oxygen atoms in total. The van der Waals surface area contributed by atoms with Gasteiger partial charge in [-0.3, -0.25) is 4.79 Å². The Hall–Kier alpha value is -0.830. The van der Waals surface area contributed by atoms with E-state index in [2.05, 4.69) is 11.9 Å². The third-order valence-corrected chi connectivity index (χ3v) is 2.42. The Labute approximate surface area is 79.8 Å². The van der Waals surface area contributed by atoms with Crippen molar-refractivity contribution in [1.82, 2.24) is 5.32 Å². The highest BCUT2D eigenvalue weighted by molar-refractivity contribution is 5.92. The van der Waals surface area contributed by atoms with Gasteiger partial charge in [0.1, 0.15) is 0 Å². The minimum atomic E-state index is -0.476. The van der Waals surface area contributed by atoms with Crippen molar-refractivity contribution >= 4 is 5.91 Å². The van der Waals surface area contributed by atoms with Crippen molar-refractivity contribution in [3.05, 3.63) is 12.2 Å². The van der Waals surface area contributed by atoms with E-state index < -0.39 is 5.54 Å². The first-order valence-electron chi connectivity index (χ1n) is 4.60. The lowest BCUT2D eigenvalue weighted by Crippen LogP contribution is -2.50. The van der Waals surface area contributed by atoms with E-state index in [1.54, 1.807) is 6.92 Å². The monoisotopic (exact) mass is 185 g/mol. The molecule has 76 valence electrons. The Kier molecular flexibility index (Phi) is 4.70. The summed E-state index contributed by atoms with van der Waals surface area (Å²) in [7, 11) is 0. The fraction of sp³-hybridized carbons (Fsp3) is 0.700. The number of amides is 1. The minimum absolute atomic E-state index is 0.0288. The Balaban J connectivity index is 4.42. The summed E-state index contributed by atoms with van der Waals surface area (Å²) in [6, 6.07) is 0. The number of rotatable bonds is 5. The van der Waals surface area contributed by atoms with Gasteiger partial charge in [0.25, 0.3) is 0 Å². The van der Waals surface area contributed by atoms with E-state index >= 15 is 0 Å². The topological polar surface area (TPSA) is 49.3 Å². The summed E-state index contributed by atoms with van der Waals surface area (Å²) in [6.07, 6.45) is 1.44. The van der Waals surface area contributed by atoms with Gasteiger partial charge in [0.2, 0.25) is 5.91 Å². The summed E-state index contributed by atoms with van der Waals surface area (Å²) in [6.45, 7) is 9.06. The van der Waals surface area contributed by atoms with Crippen LogP contribution < -0.4 is 5.32 Å². The molecule has 0 aliphatic carbocycles. The van der Waals surface area contributed by atoms with Crippen LogP contribution in [0.5, 0.6) is 0 Å². The first-order chi connectivity index (χ1) is 6.01. The van der Waals surface area contributed by atoms with Crippen LogP contribution in [0.15, 0.2) is 12.2 Å². The van der Waals surface area contributed by atoms with Gasteiger partial charge < -0.3 is 10.4 Å². The van der Waals surface area contributed by atoms with Crippen LogP contribution in [-0.4, -0.2) is 23.2 Å². The second-order valence-electron chi connectivity index (χ2n) is 3.38. The lowest BCUT2D eigenvalue weighted by Gasteiger charge is -2.30. The molecule has 1 amide bonds. The standard InChI is InChI=1S/C10H19NO2/c1-5-10(6-2,7-12)11-9(13)8(3)4/h12H,3,5-7H2,1-2,4H3,(H,11,13). The zero-order valence-electron chi connectivity index (χ0n) is 8.68. The van der Waals surface area contributed by atoms with Crippen LogP contribution in [0.3, 0.4) is 0 Å². The van der Waals surface area contributed by atoms with E-state index in [0.29, 0.717) is 5.57 Å². The number of aliphatic hydroxyl groups is 1. The number of carbonyl (C=O) groups is 1. The highest BCUT2D eigenvalue weighted by Crippen LogP contribution is 2.14. The zero-order valence-corrected chi connectivity index (χ0v) is 8.68. The van der Waals surface area contributed by atoms with Crippen LogP contribution in [-0.2, 0) is 4.79 Å². The Morgan fingerprint density at radius 3 is 2.15 bits per heavy atom. The summed E-state index contributed by atoms with van der Waals surface area (Å²) in [5.74, 6) is -0.183. The van der Waals surface area contributed by atoms with Crippen LogP contribution in [0, 0.1) is 0 Å². The molecule has 0 atom stereocenters. The maximum absolute atomic E-state index is 11.3. The zero-order chi connectivity index (χ0) is 10.5. The lowest BCUT2D eigenvalue weighted by atomic mass is 9.93. The molecule has 0 heterocycles. The largest absolute Gasteiger partial charge is 0.394 e. The second kappa shape index (κ2) is 5.02. The first kappa shape index (κ1) is 12.2. The Morgan fingerprint density at radius 1 is 1.46 bits per heavy atom. The van der Waals surface area contributed by atoms with Gasteiger partial charge in [-0.1, -0.05) is 20.4 Å². The van der Waals surface area contributed by atoms with Crippen LogP contribution in [0.1, 0.15) is 33.6 Å². The van der Waals surface area contributed by atoms with E-state index in [0.717, 1.165) is 12.8 Å². The molecule has 0 radical (unpaired) electrons. The van der Waals surface area contributed by atoms with Crippen LogP contribution in [0.4, 0.5) is 0 Å². The predicted molar refractivity (Wildman–Crippen MR) is 53.4 cm³/mol. The maximum atomic E-state index is 11.3. The van der Waals surface area contributed by atoms with Crippen LogP contribution in [0.2, 0.25) is 0 Å². The first-order valence-corrected chi connectivity index (χ1v) is 4.60. The molecule has 0 bridgehead atoms. The van der Waals surface area contributed by atoms with Gasteiger partial charge in [-0.25, -0.2) is 0 Å². The number of nitrogens with one attached hydrogen (secondary N) is 1. The van der Waals surface area contributed by atoms with Crippen LogP contribution in [0.25, 0.3) is 0 Å². The molecule has 0 aliphatic rings. The molecule has 0 saturated carbocycles. The normalized spacial score (nSPS) is 11.1. The van der Waals surface area contributed by atoms with Crippen molar-refractivity contribution in [1.29, 1.82) is 0 Å². The van der Waals surface area contributed by atoms with Crippen molar-refractivity contribution in [2.75, 3.05) is 6.61 Å². The third-order valence-electron chi connectivity index (χ3n) is 2.42. The average molecular weight is 185 g/mol. The van der Waals surface area contributed by atoms with Gasteiger partial charge in [0.05, 0.1) is 12.1 Å². The number of carbonyl (C=O) groups excluding carboxylic acids is 1. The maximum Gasteiger partial charge on any atom is 0.246 e. The summed E-state index contributed by atoms with van der Waals surface area (Å²) < 4.78 is 0. The van der Waals surface area contributed by atoms with E-state index in [1.165, 1.54) is 0 Å². The lowest BCUT2D eigenvalue weighted by molar-refractivity contribution is -0.120. The molecule has 3 heteroatoms. The Morgan fingerprint density at radius 2 is 1.92 bits per heavy atom. The third kappa shape index (κ3) is 3.19. The molecule has 0 fully saturated rings. The smallest absolute Gasteiger partial charge is 0.246 e. The molecule has 0 aliphatic heterocycles. The molecule has 0 aromatic rings. The summed E-state index contributed by atoms with van der Waals surface area (Å²) in [5, 5.41) is 12.0. The van der Waals surface area contributed by atoms with Gasteiger partial charge in [0, 0.05) is 5.57 Å². The van der Waals surface area contributed by atoms with Gasteiger partial charge >= 0.3 is 0 Å². The molecule has 0 saturated heterocycles. The fourth-order valence-corrected chi connectivity index (χ4v) is 1.04. The number of hydrogen-bond acceptors (Lipinski definition) is 2. The van der Waals surface area contributed by atoms with E-state index in [9.17, 15) is 4.79 Å². The fourth-order valence-electron chi connectivity index (χ4n) is 1.04. The molecule has 0 spiro atoms. The average Bonchev–Trinajstić information content (AvgIpc) is 2.14. The van der Waals surface area contributed by atoms with E-state index in [4.69, 9.17) is 5.11 Å². The van der Waals surface area contributed by atoms with Gasteiger partial charge in [0.15, 0.2) is 0 Å². The molecule has 0 aromatic heterocycles. The summed E-state index contributed by atoms with van der Waals surface area (Å²) in [4.78, 5) is 11.3. The van der Waals surface area contributed by atoms with Crippen LogP contribution >= 0.6 is 0 Å². The molecule has 13 heavy (non-hydrogen) atoms. The van der Waals surface area contributed by atoms with Gasteiger partial charge in [-0.15, -0.1) is 0 Å². The van der Waals surface area contributed by atoms with Crippen molar-refractivity contribution in [3.8, 4) is 0 Å². The van der Waals surface area contributed by atoms with Crippen molar-refractivity contribution in [2.45, 2.75) is 39.2 Å². The molecule has 2 N–H and O–H groups in total. The quantitative estimate of drug-likeness (QED) is 0.633. The van der Waals surface area contributed by atoms with Crippen molar-refractivity contribution < 1.29 is 9.90 Å². The number of hydrogen-bond donors (Lipinski definition) is 2. The molecule has 0 rings (SSSR count). The molecule has 0 aromatic carbocycles. The SMILES string of the molecule is C=C(C)C(=O)NC(CC)(CC)CO. The molecular formula is C10H19NO2. The summed E-state index contributed by atoms with van der Waals surface area (Å²) >= 11 is 0. The van der Waals surface area contributed by atoms with Crippen molar-refractivity contribution in [2.24, 2.45) is 0 Å². The summed E-state index contributed by atoms with van der Waals surface area (Å²) in [5.41, 5.74) is -0.00419. The minimum Gasteiger partial charge on any atom is -0.394 e. The van der Waals surface area contributed by atoms with E-state index in [-0.39, 0.29) is 12.5 Å². The van der Waals surface area contributed by atoms with E-state index in [1.807, 2.05) is 13.8 Å². The number of aliphatic hydroxyl groups excluding tert-OH is 1. The van der Waals surface area contributed by atoms with Crippen molar-refractivity contribution in [3.63, 3.8) is 0 Å². The molecular weight excluding hydrogens is 166 g/mol. The van der Waals surface area contributed by atoms with Gasteiger partial charge in [-0.05, 0) is 19.8 Å². The Bertz CT molecular complexity index is 187. The second-order valence-corrected chi connectivity index (χ2v) is 3.38. The van der Waals surface area contributed by atoms with Gasteiger partial charge in [-0.2, -0.15) is 0 Å².